The molecule has 0 saturated heterocycles. The van der Waals surface area contributed by atoms with Crippen LogP contribution in [-0.2, 0) is 16.1 Å². The maximum absolute atomic E-state index is 11.7. The first-order chi connectivity index (χ1) is 10.5. The normalized spacial score (nSPS) is 10.8. The zero-order chi connectivity index (χ0) is 16.3. The lowest BCUT2D eigenvalue weighted by molar-refractivity contribution is -0.148. The van der Waals surface area contributed by atoms with Gasteiger partial charge in [0.1, 0.15) is 6.61 Å². The summed E-state index contributed by atoms with van der Waals surface area (Å²) >= 11 is 0. The van der Waals surface area contributed by atoms with Gasteiger partial charge in [0.05, 0.1) is 20.1 Å². The number of hydrogen-bond donors (Lipinski definition) is 0. The summed E-state index contributed by atoms with van der Waals surface area (Å²) in [6.45, 7) is 3.48. The Hall–Kier alpha value is -2.50. The molecule has 0 saturated carbocycles. The van der Waals surface area contributed by atoms with Gasteiger partial charge in [0.2, 0.25) is 5.75 Å². The lowest BCUT2D eigenvalue weighted by Crippen LogP contribution is -2.12. The average Bonchev–Trinajstić information content (AvgIpc) is 2.50. The second-order valence-electron chi connectivity index (χ2n) is 5.03. The maximum Gasteiger partial charge on any atom is 0.336 e. The van der Waals surface area contributed by atoms with E-state index in [1.807, 2.05) is 0 Å². The van der Waals surface area contributed by atoms with Crippen molar-refractivity contribution >= 4 is 16.9 Å². The van der Waals surface area contributed by atoms with E-state index in [0.29, 0.717) is 22.4 Å². The molecular weight excluding hydrogens is 288 g/mol. The SMILES string of the molecule is COc1ccc2c(COC(=O)C(C)C)cc(=O)oc2c1OC. The van der Waals surface area contributed by atoms with Crippen LogP contribution in [-0.4, -0.2) is 20.2 Å². The van der Waals surface area contributed by atoms with E-state index < -0.39 is 5.63 Å². The van der Waals surface area contributed by atoms with Crippen LogP contribution in [0.3, 0.4) is 0 Å². The van der Waals surface area contributed by atoms with Gasteiger partial charge in [-0.3, -0.25) is 4.79 Å². The van der Waals surface area contributed by atoms with Crippen LogP contribution in [0.4, 0.5) is 0 Å². The predicted octanol–water partition coefficient (Wildman–Crippen LogP) is 2.51. The molecule has 0 aliphatic heterocycles. The van der Waals surface area contributed by atoms with Crippen molar-refractivity contribution in [1.82, 2.24) is 0 Å². The summed E-state index contributed by atoms with van der Waals surface area (Å²) in [4.78, 5) is 23.3. The van der Waals surface area contributed by atoms with Gasteiger partial charge in [0.15, 0.2) is 11.3 Å². The molecule has 6 nitrogen and oxygen atoms in total. The number of ether oxygens (including phenoxy) is 3. The van der Waals surface area contributed by atoms with Crippen molar-refractivity contribution in [2.24, 2.45) is 5.92 Å². The molecule has 1 aromatic carbocycles. The van der Waals surface area contributed by atoms with Gasteiger partial charge < -0.3 is 18.6 Å². The minimum absolute atomic E-state index is 0.00536. The molecule has 2 rings (SSSR count). The van der Waals surface area contributed by atoms with Gasteiger partial charge in [-0.15, -0.1) is 0 Å². The van der Waals surface area contributed by atoms with E-state index in [1.165, 1.54) is 20.3 Å². The number of benzene rings is 1. The molecule has 0 aliphatic carbocycles. The summed E-state index contributed by atoms with van der Waals surface area (Å²) in [5.41, 5.74) is 0.279. The van der Waals surface area contributed by atoms with E-state index >= 15 is 0 Å². The summed E-state index contributed by atoms with van der Waals surface area (Å²) in [5.74, 6) is 0.214. The Kier molecular flexibility index (Phi) is 4.70. The van der Waals surface area contributed by atoms with Gasteiger partial charge in [-0.2, -0.15) is 0 Å². The molecule has 2 aromatic rings. The average molecular weight is 306 g/mol. The molecule has 6 heteroatoms. The van der Waals surface area contributed by atoms with Crippen molar-refractivity contribution in [3.63, 3.8) is 0 Å². The molecule has 0 bridgehead atoms. The third-order valence-electron chi connectivity index (χ3n) is 3.18. The van der Waals surface area contributed by atoms with Gasteiger partial charge in [-0.05, 0) is 12.1 Å². The van der Waals surface area contributed by atoms with Crippen LogP contribution in [0.15, 0.2) is 27.4 Å². The lowest BCUT2D eigenvalue weighted by atomic mass is 10.1. The van der Waals surface area contributed by atoms with Crippen molar-refractivity contribution in [1.29, 1.82) is 0 Å². The maximum atomic E-state index is 11.7. The molecular formula is C16H18O6. The first kappa shape index (κ1) is 15.9. The highest BCUT2D eigenvalue weighted by molar-refractivity contribution is 5.88. The van der Waals surface area contributed by atoms with Crippen LogP contribution in [0.5, 0.6) is 11.5 Å². The number of rotatable bonds is 5. The fourth-order valence-electron chi connectivity index (χ4n) is 2.04. The molecule has 0 radical (unpaired) electrons. The van der Waals surface area contributed by atoms with Crippen LogP contribution in [0.25, 0.3) is 11.0 Å². The Morgan fingerprint density at radius 1 is 1.23 bits per heavy atom. The topological polar surface area (TPSA) is 75.0 Å². The molecule has 0 N–H and O–H groups in total. The predicted molar refractivity (Wildman–Crippen MR) is 80.2 cm³/mol. The fraction of sp³-hybridized carbons (Fsp3) is 0.375. The van der Waals surface area contributed by atoms with Crippen LogP contribution >= 0.6 is 0 Å². The van der Waals surface area contributed by atoms with Crippen molar-refractivity contribution in [3.05, 3.63) is 34.2 Å². The smallest absolute Gasteiger partial charge is 0.336 e. The molecule has 0 unspecified atom stereocenters. The Bertz CT molecular complexity index is 744. The molecule has 0 aliphatic rings. The quantitative estimate of drug-likeness (QED) is 0.624. The van der Waals surface area contributed by atoms with E-state index in [2.05, 4.69) is 0 Å². The monoisotopic (exact) mass is 306 g/mol. The Balaban J connectivity index is 2.51. The van der Waals surface area contributed by atoms with E-state index in [4.69, 9.17) is 18.6 Å². The number of carbonyl (C=O) groups is 1. The highest BCUT2D eigenvalue weighted by Crippen LogP contribution is 2.35. The molecule has 1 aromatic heterocycles. The van der Waals surface area contributed by atoms with Gasteiger partial charge in [0, 0.05) is 17.0 Å². The number of esters is 1. The Morgan fingerprint density at radius 3 is 2.55 bits per heavy atom. The van der Waals surface area contributed by atoms with Crippen molar-refractivity contribution < 1.29 is 23.4 Å². The van der Waals surface area contributed by atoms with Crippen LogP contribution in [0, 0.1) is 5.92 Å². The van der Waals surface area contributed by atoms with Crippen molar-refractivity contribution in [2.75, 3.05) is 14.2 Å². The zero-order valence-electron chi connectivity index (χ0n) is 13.0. The summed E-state index contributed by atoms with van der Waals surface area (Å²) in [6.07, 6.45) is 0. The number of methoxy groups -OCH3 is 2. The number of fused-ring (bicyclic) bond motifs is 1. The molecule has 0 atom stereocenters. The van der Waals surface area contributed by atoms with Crippen LogP contribution in [0.2, 0.25) is 0 Å². The lowest BCUT2D eigenvalue weighted by Gasteiger charge is -2.12. The minimum atomic E-state index is -0.547. The third kappa shape index (κ3) is 3.05. The molecule has 1 heterocycles. The van der Waals surface area contributed by atoms with Crippen LogP contribution in [0.1, 0.15) is 19.4 Å². The van der Waals surface area contributed by atoms with Crippen molar-refractivity contribution in [3.8, 4) is 11.5 Å². The Morgan fingerprint density at radius 2 is 1.95 bits per heavy atom. The van der Waals surface area contributed by atoms with Crippen molar-refractivity contribution in [2.45, 2.75) is 20.5 Å². The highest BCUT2D eigenvalue weighted by atomic mass is 16.5. The zero-order valence-corrected chi connectivity index (χ0v) is 13.0. The number of carbonyl (C=O) groups excluding carboxylic acids is 1. The van der Waals surface area contributed by atoms with Gasteiger partial charge in [0.25, 0.3) is 0 Å². The van der Waals surface area contributed by atoms with E-state index in [0.717, 1.165) is 0 Å². The van der Waals surface area contributed by atoms with Gasteiger partial charge in [-0.25, -0.2) is 4.79 Å². The number of hydrogen-bond acceptors (Lipinski definition) is 6. The third-order valence-corrected chi connectivity index (χ3v) is 3.18. The van der Waals surface area contributed by atoms with E-state index in [-0.39, 0.29) is 24.1 Å². The summed E-state index contributed by atoms with van der Waals surface area (Å²) in [5, 5.41) is 0.633. The Labute approximate surface area is 127 Å². The molecule has 22 heavy (non-hydrogen) atoms. The second-order valence-corrected chi connectivity index (χ2v) is 5.03. The van der Waals surface area contributed by atoms with Crippen LogP contribution < -0.4 is 15.1 Å². The summed E-state index contributed by atoms with van der Waals surface area (Å²) in [6, 6.07) is 4.74. The molecule has 0 spiro atoms. The second kappa shape index (κ2) is 6.51. The first-order valence-electron chi connectivity index (χ1n) is 6.82. The standard InChI is InChI=1S/C16H18O6/c1-9(2)16(18)21-8-10-7-13(17)22-14-11(10)5-6-12(19-3)15(14)20-4/h5-7,9H,8H2,1-4H3. The fourth-order valence-corrected chi connectivity index (χ4v) is 2.04. The van der Waals surface area contributed by atoms with E-state index in [1.54, 1.807) is 26.0 Å². The molecule has 0 amide bonds. The summed E-state index contributed by atoms with van der Waals surface area (Å²) in [7, 11) is 2.96. The van der Waals surface area contributed by atoms with Gasteiger partial charge in [-0.1, -0.05) is 13.8 Å². The largest absolute Gasteiger partial charge is 0.493 e. The highest BCUT2D eigenvalue weighted by Gasteiger charge is 2.16. The summed E-state index contributed by atoms with van der Waals surface area (Å²) < 4.78 is 20.9. The van der Waals surface area contributed by atoms with E-state index in [9.17, 15) is 9.59 Å². The minimum Gasteiger partial charge on any atom is -0.493 e. The van der Waals surface area contributed by atoms with Gasteiger partial charge >= 0.3 is 11.6 Å². The molecule has 118 valence electrons. The molecule has 0 fully saturated rings. The first-order valence-corrected chi connectivity index (χ1v) is 6.82.